The Morgan fingerprint density at radius 3 is 2.55 bits per heavy atom. The highest BCUT2D eigenvalue weighted by Gasteiger charge is 2.35. The van der Waals surface area contributed by atoms with E-state index in [0.717, 1.165) is 30.7 Å². The third-order valence-electron chi connectivity index (χ3n) is 4.78. The molecule has 2 atom stereocenters. The Kier molecular flexibility index (Phi) is 4.56. The minimum absolute atomic E-state index is 0.658. The lowest BCUT2D eigenvalue weighted by Gasteiger charge is -2.37. The minimum atomic E-state index is 0.658. The molecule has 2 saturated heterocycles. The molecule has 1 aromatic carbocycles. The molecule has 2 bridgehead atoms. The molecule has 0 radical (unpaired) electrons. The number of hydrogen-bond donors (Lipinski definition) is 1. The van der Waals surface area contributed by atoms with Crippen molar-refractivity contribution in [3.8, 4) is 0 Å². The highest BCUT2D eigenvalue weighted by atomic mass is 35.5. The number of hydrogen-bond acceptors (Lipinski definition) is 2. The molecule has 0 aromatic heterocycles. The zero-order chi connectivity index (χ0) is 14.1. The Hall–Kier alpha value is -0.280. The fourth-order valence-electron chi connectivity index (χ4n) is 3.71. The second-order valence-corrected chi connectivity index (χ2v) is 6.82. The van der Waals surface area contributed by atoms with Crippen molar-refractivity contribution in [1.29, 1.82) is 0 Å². The van der Waals surface area contributed by atoms with Gasteiger partial charge in [-0.2, -0.15) is 0 Å². The van der Waals surface area contributed by atoms with E-state index in [1.807, 2.05) is 12.1 Å². The molecule has 0 aliphatic carbocycles. The molecule has 4 heteroatoms. The number of benzene rings is 1. The second kappa shape index (κ2) is 6.23. The van der Waals surface area contributed by atoms with Gasteiger partial charge in [0.2, 0.25) is 0 Å². The van der Waals surface area contributed by atoms with Crippen molar-refractivity contribution in [2.45, 2.75) is 57.3 Å². The van der Waals surface area contributed by atoms with Gasteiger partial charge in [0.05, 0.1) is 10.0 Å². The van der Waals surface area contributed by atoms with Gasteiger partial charge < -0.3 is 5.32 Å². The third-order valence-corrected chi connectivity index (χ3v) is 5.63. The van der Waals surface area contributed by atoms with Crippen molar-refractivity contribution in [2.24, 2.45) is 0 Å². The summed E-state index contributed by atoms with van der Waals surface area (Å²) in [4.78, 5) is 2.56. The summed E-state index contributed by atoms with van der Waals surface area (Å²) < 4.78 is 0. The molecule has 2 heterocycles. The fraction of sp³-hybridized carbons (Fsp3) is 0.625. The van der Waals surface area contributed by atoms with Crippen LogP contribution in [0.1, 0.15) is 38.2 Å². The number of nitrogens with one attached hydrogen (secondary N) is 1. The Morgan fingerprint density at radius 1 is 1.20 bits per heavy atom. The highest BCUT2D eigenvalue weighted by Crippen LogP contribution is 2.32. The van der Waals surface area contributed by atoms with E-state index < -0.39 is 0 Å². The number of halogens is 2. The molecule has 1 aromatic rings. The first-order valence-corrected chi connectivity index (χ1v) is 8.36. The van der Waals surface area contributed by atoms with Crippen molar-refractivity contribution >= 4 is 23.2 Å². The topological polar surface area (TPSA) is 15.3 Å². The van der Waals surface area contributed by atoms with Gasteiger partial charge in [0.25, 0.3) is 0 Å². The standard InChI is InChI=1S/C16H22Cl2N2/c1-2-20(10-11-4-3-5-15(17)16(11)18)14-8-12-6-7-13(9-14)19-12/h3-5,12-14,19H,2,6-10H2,1H3. The molecule has 3 rings (SSSR count). The molecule has 2 unspecified atom stereocenters. The molecule has 0 saturated carbocycles. The lowest BCUT2D eigenvalue weighted by Crippen LogP contribution is -2.47. The van der Waals surface area contributed by atoms with Crippen molar-refractivity contribution in [1.82, 2.24) is 10.2 Å². The Bertz CT molecular complexity index is 466. The van der Waals surface area contributed by atoms with E-state index in [0.29, 0.717) is 16.1 Å². The maximum Gasteiger partial charge on any atom is 0.0637 e. The largest absolute Gasteiger partial charge is 0.311 e. The fourth-order valence-corrected chi connectivity index (χ4v) is 4.09. The summed E-state index contributed by atoms with van der Waals surface area (Å²) >= 11 is 12.5. The van der Waals surface area contributed by atoms with Crippen LogP contribution >= 0.6 is 23.2 Å². The van der Waals surface area contributed by atoms with E-state index in [1.54, 1.807) is 0 Å². The summed E-state index contributed by atoms with van der Waals surface area (Å²) in [5.74, 6) is 0. The Morgan fingerprint density at radius 2 is 1.90 bits per heavy atom. The molecule has 2 nitrogen and oxygen atoms in total. The van der Waals surface area contributed by atoms with E-state index in [9.17, 15) is 0 Å². The first-order valence-electron chi connectivity index (χ1n) is 7.60. The van der Waals surface area contributed by atoms with Gasteiger partial charge in [0.15, 0.2) is 0 Å². The van der Waals surface area contributed by atoms with Crippen LogP contribution in [-0.4, -0.2) is 29.6 Å². The SMILES string of the molecule is CCN(Cc1cccc(Cl)c1Cl)C1CC2CCC(C1)N2. The van der Waals surface area contributed by atoms with Gasteiger partial charge in [-0.1, -0.05) is 42.3 Å². The summed E-state index contributed by atoms with van der Waals surface area (Å²) in [7, 11) is 0. The van der Waals surface area contributed by atoms with E-state index in [1.165, 1.54) is 25.7 Å². The monoisotopic (exact) mass is 312 g/mol. The summed E-state index contributed by atoms with van der Waals surface area (Å²) in [6.07, 6.45) is 5.22. The molecule has 0 spiro atoms. The van der Waals surface area contributed by atoms with E-state index in [4.69, 9.17) is 23.2 Å². The first kappa shape index (κ1) is 14.6. The summed E-state index contributed by atoms with van der Waals surface area (Å²) in [6.45, 7) is 4.20. The lowest BCUT2D eigenvalue weighted by atomic mass is 9.97. The van der Waals surface area contributed by atoms with Crippen LogP contribution in [0.5, 0.6) is 0 Å². The van der Waals surface area contributed by atoms with Crippen molar-refractivity contribution in [3.05, 3.63) is 33.8 Å². The van der Waals surface area contributed by atoms with Crippen LogP contribution in [0.3, 0.4) is 0 Å². The molecule has 2 aliphatic heterocycles. The molecule has 2 aliphatic rings. The van der Waals surface area contributed by atoms with Crippen LogP contribution in [0.15, 0.2) is 18.2 Å². The maximum atomic E-state index is 6.33. The van der Waals surface area contributed by atoms with Crippen LogP contribution in [0, 0.1) is 0 Å². The normalized spacial score (nSPS) is 29.1. The predicted molar refractivity (Wildman–Crippen MR) is 85.5 cm³/mol. The number of fused-ring (bicyclic) bond motifs is 2. The van der Waals surface area contributed by atoms with Gasteiger partial charge in [0.1, 0.15) is 0 Å². The van der Waals surface area contributed by atoms with Gasteiger partial charge in [-0.3, -0.25) is 4.90 Å². The molecule has 1 N–H and O–H groups in total. The van der Waals surface area contributed by atoms with Gasteiger partial charge >= 0.3 is 0 Å². The number of rotatable bonds is 4. The maximum absolute atomic E-state index is 6.33. The van der Waals surface area contributed by atoms with E-state index in [-0.39, 0.29) is 0 Å². The molecular weight excluding hydrogens is 291 g/mol. The van der Waals surface area contributed by atoms with Gasteiger partial charge in [-0.15, -0.1) is 0 Å². The number of piperidine rings is 1. The Balaban J connectivity index is 1.72. The zero-order valence-electron chi connectivity index (χ0n) is 11.9. The second-order valence-electron chi connectivity index (χ2n) is 6.04. The average Bonchev–Trinajstić information content (AvgIpc) is 2.79. The first-order chi connectivity index (χ1) is 9.67. The van der Waals surface area contributed by atoms with E-state index >= 15 is 0 Å². The van der Waals surface area contributed by atoms with Gasteiger partial charge in [-0.25, -0.2) is 0 Å². The van der Waals surface area contributed by atoms with Crippen molar-refractivity contribution in [2.75, 3.05) is 6.54 Å². The summed E-state index contributed by atoms with van der Waals surface area (Å²) in [6, 6.07) is 8.06. The lowest BCUT2D eigenvalue weighted by molar-refractivity contribution is 0.141. The van der Waals surface area contributed by atoms with Crippen LogP contribution in [0.25, 0.3) is 0 Å². The summed E-state index contributed by atoms with van der Waals surface area (Å²) in [5.41, 5.74) is 1.15. The van der Waals surface area contributed by atoms with Gasteiger partial charge in [-0.05, 0) is 43.9 Å². The van der Waals surface area contributed by atoms with Crippen molar-refractivity contribution < 1.29 is 0 Å². The van der Waals surface area contributed by atoms with Crippen LogP contribution in [0.2, 0.25) is 10.0 Å². The third kappa shape index (κ3) is 2.99. The molecule has 110 valence electrons. The van der Waals surface area contributed by atoms with Crippen LogP contribution in [-0.2, 0) is 6.54 Å². The molecule has 20 heavy (non-hydrogen) atoms. The van der Waals surface area contributed by atoms with Gasteiger partial charge in [0, 0.05) is 24.7 Å². The molecule has 2 fully saturated rings. The zero-order valence-corrected chi connectivity index (χ0v) is 13.4. The van der Waals surface area contributed by atoms with Crippen LogP contribution in [0.4, 0.5) is 0 Å². The Labute approximate surface area is 131 Å². The summed E-state index contributed by atoms with van der Waals surface area (Å²) in [5, 5.41) is 5.08. The average molecular weight is 313 g/mol. The molecule has 0 amide bonds. The van der Waals surface area contributed by atoms with Crippen LogP contribution < -0.4 is 5.32 Å². The number of nitrogens with zero attached hydrogens (tertiary/aromatic N) is 1. The predicted octanol–water partition coefficient (Wildman–Crippen LogP) is 4.10. The minimum Gasteiger partial charge on any atom is -0.311 e. The smallest absolute Gasteiger partial charge is 0.0637 e. The quantitative estimate of drug-likeness (QED) is 0.900. The highest BCUT2D eigenvalue weighted by molar-refractivity contribution is 6.42. The van der Waals surface area contributed by atoms with E-state index in [2.05, 4.69) is 23.2 Å². The van der Waals surface area contributed by atoms with Crippen molar-refractivity contribution in [3.63, 3.8) is 0 Å². The molecular formula is C16H22Cl2N2.